The molecular weight excluding hydrogens is 500 g/mol. The van der Waals surface area contributed by atoms with E-state index in [1.807, 2.05) is 36.4 Å². The van der Waals surface area contributed by atoms with Crippen LogP contribution < -0.4 is 11.1 Å². The zero-order valence-electron chi connectivity index (χ0n) is 23.2. The highest BCUT2D eigenvalue weighted by molar-refractivity contribution is 5.94. The molecule has 2 aliphatic rings. The SMILES string of the molecule is CC(C)C[C@H](N)C(=O)O[C@@H]1c2ccccc2C[C@@]1(Cc1ccc(C(=O)NCCO)cc1)C1=Cc2ccccc2C1. The minimum absolute atomic E-state index is 0.106. The van der Waals surface area contributed by atoms with Crippen molar-refractivity contribution in [3.8, 4) is 0 Å². The second-order valence-corrected chi connectivity index (χ2v) is 11.5. The molecule has 5 rings (SSSR count). The third-order valence-corrected chi connectivity index (χ3v) is 8.15. The van der Waals surface area contributed by atoms with Gasteiger partial charge in [-0.25, -0.2) is 0 Å². The number of aliphatic hydroxyl groups excluding tert-OH is 1. The van der Waals surface area contributed by atoms with Gasteiger partial charge in [-0.1, -0.05) is 86.2 Å². The van der Waals surface area contributed by atoms with Crippen LogP contribution in [0.3, 0.4) is 0 Å². The van der Waals surface area contributed by atoms with Crippen LogP contribution in [-0.4, -0.2) is 36.2 Å². The number of rotatable bonds is 10. The Morgan fingerprint density at radius 1 is 1.02 bits per heavy atom. The quantitative estimate of drug-likeness (QED) is 0.322. The molecule has 0 saturated carbocycles. The minimum atomic E-state index is -0.683. The van der Waals surface area contributed by atoms with Crippen LogP contribution in [0.4, 0.5) is 0 Å². The van der Waals surface area contributed by atoms with Crippen molar-refractivity contribution >= 4 is 18.0 Å². The summed E-state index contributed by atoms with van der Waals surface area (Å²) in [5, 5.41) is 11.7. The molecule has 0 aromatic heterocycles. The first-order valence-corrected chi connectivity index (χ1v) is 14.1. The van der Waals surface area contributed by atoms with Crippen molar-refractivity contribution in [2.45, 2.75) is 51.7 Å². The maximum absolute atomic E-state index is 13.4. The Morgan fingerprint density at radius 2 is 1.73 bits per heavy atom. The summed E-state index contributed by atoms with van der Waals surface area (Å²) in [5.41, 5.74) is 13.3. The number of hydrogen-bond acceptors (Lipinski definition) is 5. The molecule has 208 valence electrons. The molecule has 6 heteroatoms. The van der Waals surface area contributed by atoms with Crippen LogP contribution in [0, 0.1) is 11.3 Å². The highest BCUT2D eigenvalue weighted by atomic mass is 16.5. The van der Waals surface area contributed by atoms with Crippen LogP contribution in [-0.2, 0) is 28.8 Å². The molecule has 0 bridgehead atoms. The Morgan fingerprint density at radius 3 is 2.42 bits per heavy atom. The number of carbonyl (C=O) groups is 2. The van der Waals surface area contributed by atoms with Gasteiger partial charge < -0.3 is 20.9 Å². The number of ether oxygens (including phenoxy) is 1. The van der Waals surface area contributed by atoms with Crippen LogP contribution in [0.25, 0.3) is 6.08 Å². The maximum atomic E-state index is 13.4. The number of nitrogens with one attached hydrogen (secondary N) is 1. The fourth-order valence-corrected chi connectivity index (χ4v) is 6.23. The van der Waals surface area contributed by atoms with Gasteiger partial charge in [0.2, 0.25) is 0 Å². The molecule has 6 nitrogen and oxygen atoms in total. The highest BCUT2D eigenvalue weighted by Crippen LogP contribution is 2.56. The molecule has 0 unspecified atom stereocenters. The average molecular weight is 539 g/mol. The van der Waals surface area contributed by atoms with Gasteiger partial charge >= 0.3 is 5.97 Å². The lowest BCUT2D eigenvalue weighted by atomic mass is 9.70. The Balaban J connectivity index is 1.54. The third-order valence-electron chi connectivity index (χ3n) is 8.15. The fraction of sp³-hybridized carbons (Fsp3) is 0.353. The Kier molecular flexibility index (Phi) is 8.19. The van der Waals surface area contributed by atoms with E-state index in [4.69, 9.17) is 15.6 Å². The van der Waals surface area contributed by atoms with E-state index < -0.39 is 17.6 Å². The summed E-state index contributed by atoms with van der Waals surface area (Å²) in [6.45, 7) is 4.21. The third kappa shape index (κ3) is 5.60. The van der Waals surface area contributed by atoms with E-state index in [2.05, 4.69) is 61.6 Å². The van der Waals surface area contributed by atoms with Crippen molar-refractivity contribution in [1.29, 1.82) is 0 Å². The van der Waals surface area contributed by atoms with Crippen LogP contribution >= 0.6 is 0 Å². The lowest BCUT2D eigenvalue weighted by Crippen LogP contribution is -2.39. The number of esters is 1. The molecule has 1 amide bonds. The summed E-state index contributed by atoms with van der Waals surface area (Å²) in [4.78, 5) is 25.8. The van der Waals surface area contributed by atoms with Gasteiger partial charge in [-0.3, -0.25) is 9.59 Å². The topological polar surface area (TPSA) is 102 Å². The number of amides is 1. The van der Waals surface area contributed by atoms with Gasteiger partial charge in [0.1, 0.15) is 12.1 Å². The molecule has 3 aromatic carbocycles. The molecule has 2 aliphatic carbocycles. The van der Waals surface area contributed by atoms with Crippen LogP contribution in [0.5, 0.6) is 0 Å². The fourth-order valence-electron chi connectivity index (χ4n) is 6.23. The molecule has 4 N–H and O–H groups in total. The van der Waals surface area contributed by atoms with E-state index in [0.29, 0.717) is 18.4 Å². The Hall–Kier alpha value is -3.74. The number of benzene rings is 3. The van der Waals surface area contributed by atoms with Gasteiger partial charge in [0.15, 0.2) is 0 Å². The van der Waals surface area contributed by atoms with Crippen LogP contribution in [0.1, 0.15) is 64.5 Å². The zero-order valence-corrected chi connectivity index (χ0v) is 23.2. The van der Waals surface area contributed by atoms with E-state index in [1.165, 1.54) is 22.3 Å². The number of aliphatic hydroxyl groups is 1. The first-order chi connectivity index (χ1) is 19.3. The normalized spacial score (nSPS) is 20.0. The summed E-state index contributed by atoms with van der Waals surface area (Å²) in [5.74, 6) is -0.307. The summed E-state index contributed by atoms with van der Waals surface area (Å²) in [7, 11) is 0. The largest absolute Gasteiger partial charge is 0.455 e. The van der Waals surface area contributed by atoms with E-state index in [9.17, 15) is 9.59 Å². The standard InChI is InChI=1S/C34H38N2O4/c1-22(2)17-30(35)33(39)40-31-29-10-6-5-9-27(29)21-34(31,28-18-25-7-3-4-8-26(25)19-28)20-23-11-13-24(14-12-23)32(38)36-15-16-37/h3-14,18,22,30-31,37H,15-17,19-21,35H2,1-2H3,(H,36,38)/t30-,31+,34-/m0/s1. The van der Waals surface area contributed by atoms with Crippen molar-refractivity contribution in [3.05, 3.63) is 112 Å². The first-order valence-electron chi connectivity index (χ1n) is 14.1. The summed E-state index contributed by atoms with van der Waals surface area (Å²) >= 11 is 0. The molecule has 40 heavy (non-hydrogen) atoms. The van der Waals surface area contributed by atoms with Crippen molar-refractivity contribution in [1.82, 2.24) is 5.32 Å². The summed E-state index contributed by atoms with van der Waals surface area (Å²) in [6.07, 6.45) is 4.51. The van der Waals surface area contributed by atoms with Crippen LogP contribution in [0.15, 0.2) is 78.4 Å². The summed E-state index contributed by atoms with van der Waals surface area (Å²) in [6, 6.07) is 23.6. The Labute approximate surface area is 236 Å². The average Bonchev–Trinajstić information content (AvgIpc) is 3.52. The van der Waals surface area contributed by atoms with E-state index in [1.54, 1.807) is 0 Å². The predicted molar refractivity (Wildman–Crippen MR) is 157 cm³/mol. The monoisotopic (exact) mass is 538 g/mol. The highest BCUT2D eigenvalue weighted by Gasteiger charge is 2.51. The first kappa shape index (κ1) is 27.8. The van der Waals surface area contributed by atoms with Gasteiger partial charge in [-0.05, 0) is 71.6 Å². The zero-order chi connectivity index (χ0) is 28.3. The minimum Gasteiger partial charge on any atom is -0.455 e. The number of fused-ring (bicyclic) bond motifs is 2. The Bertz CT molecular complexity index is 1410. The predicted octanol–water partition coefficient (Wildman–Crippen LogP) is 4.79. The second kappa shape index (κ2) is 11.8. The molecule has 0 fully saturated rings. The number of carbonyl (C=O) groups excluding carboxylic acids is 2. The van der Waals surface area contributed by atoms with Crippen molar-refractivity contribution < 1.29 is 19.4 Å². The van der Waals surface area contributed by atoms with Crippen molar-refractivity contribution in [3.63, 3.8) is 0 Å². The van der Waals surface area contributed by atoms with Crippen molar-refractivity contribution in [2.75, 3.05) is 13.2 Å². The van der Waals surface area contributed by atoms with E-state index in [0.717, 1.165) is 24.0 Å². The maximum Gasteiger partial charge on any atom is 0.323 e. The van der Waals surface area contributed by atoms with Gasteiger partial charge in [0, 0.05) is 17.5 Å². The molecule has 0 saturated heterocycles. The van der Waals surface area contributed by atoms with Gasteiger partial charge in [0.05, 0.1) is 6.61 Å². The van der Waals surface area contributed by atoms with Crippen molar-refractivity contribution in [2.24, 2.45) is 17.1 Å². The molecule has 0 aliphatic heterocycles. The smallest absolute Gasteiger partial charge is 0.323 e. The molecule has 0 heterocycles. The molecule has 3 aromatic rings. The van der Waals surface area contributed by atoms with Crippen LogP contribution in [0.2, 0.25) is 0 Å². The van der Waals surface area contributed by atoms with Gasteiger partial charge in [-0.15, -0.1) is 0 Å². The molecular formula is C34H38N2O4. The molecule has 3 atom stereocenters. The van der Waals surface area contributed by atoms with E-state index >= 15 is 0 Å². The number of nitrogens with two attached hydrogens (primary N) is 1. The van der Waals surface area contributed by atoms with Gasteiger partial charge in [-0.2, -0.15) is 0 Å². The van der Waals surface area contributed by atoms with Gasteiger partial charge in [0.25, 0.3) is 5.91 Å². The lowest BCUT2D eigenvalue weighted by molar-refractivity contribution is -0.156. The second-order valence-electron chi connectivity index (χ2n) is 11.5. The lowest BCUT2D eigenvalue weighted by Gasteiger charge is -2.38. The summed E-state index contributed by atoms with van der Waals surface area (Å²) < 4.78 is 6.41. The number of hydrogen-bond donors (Lipinski definition) is 3. The van der Waals surface area contributed by atoms with E-state index in [-0.39, 0.29) is 30.9 Å². The molecule has 0 radical (unpaired) electrons. The molecule has 0 spiro atoms.